The molecule has 2 amide bonds. The Morgan fingerprint density at radius 1 is 1.34 bits per heavy atom. The van der Waals surface area contributed by atoms with Crippen molar-refractivity contribution in [2.45, 2.75) is 13.0 Å². The molecule has 1 aliphatic rings. The average Bonchev–Trinajstić information content (AvgIpc) is 3.26. The van der Waals surface area contributed by atoms with E-state index in [2.05, 4.69) is 17.9 Å². The molecule has 0 spiro atoms. The number of carbonyl (C=O) groups is 2. The molecule has 2 heterocycles. The summed E-state index contributed by atoms with van der Waals surface area (Å²) in [6, 6.07) is 3.05. The maximum Gasteiger partial charge on any atom is 0.407 e. The summed E-state index contributed by atoms with van der Waals surface area (Å²) in [6.45, 7) is 1.46. The van der Waals surface area contributed by atoms with E-state index >= 15 is 4.39 Å². The van der Waals surface area contributed by atoms with Gasteiger partial charge < -0.3 is 19.9 Å². The van der Waals surface area contributed by atoms with E-state index in [1.807, 2.05) is 0 Å². The van der Waals surface area contributed by atoms with Crippen molar-refractivity contribution in [3.05, 3.63) is 47.3 Å². The fraction of sp³-hybridized carbons (Fsp3) is 0.368. The number of likely N-dealkylation sites (tertiary alicyclic amines) is 1. The largest absolute Gasteiger partial charge is 0.465 e. The van der Waals surface area contributed by atoms with Crippen LogP contribution in [0.2, 0.25) is 0 Å². The number of thiol groups is 1. The monoisotopic (exact) mass is 488 g/mol. The van der Waals surface area contributed by atoms with Gasteiger partial charge in [0, 0.05) is 37.9 Å². The lowest BCUT2D eigenvalue weighted by Crippen LogP contribution is -2.43. The zero-order chi connectivity index (χ0) is 23.7. The Morgan fingerprint density at radius 3 is 2.59 bits per heavy atom. The Balaban J connectivity index is 1.94. The van der Waals surface area contributed by atoms with Gasteiger partial charge in [-0.25, -0.2) is 17.8 Å². The van der Waals surface area contributed by atoms with Crippen molar-refractivity contribution < 1.29 is 32.2 Å². The number of carboxylic acid groups (broad SMARTS) is 1. The summed E-state index contributed by atoms with van der Waals surface area (Å²) in [7, 11) is 1.39. The van der Waals surface area contributed by atoms with Gasteiger partial charge in [-0.2, -0.15) is 12.6 Å². The number of carbonyl (C=O) groups excluding carboxylic acids is 1. The van der Waals surface area contributed by atoms with Crippen LogP contribution < -0.4 is 9.62 Å². The van der Waals surface area contributed by atoms with Crippen LogP contribution in [0.3, 0.4) is 0 Å². The highest BCUT2D eigenvalue weighted by Gasteiger charge is 2.42. The number of aryl methyl sites for hydroxylation is 2. The van der Waals surface area contributed by atoms with Crippen LogP contribution in [0.5, 0.6) is 0 Å². The molecule has 0 bridgehead atoms. The molecule has 9 nitrogen and oxygen atoms in total. The summed E-state index contributed by atoms with van der Waals surface area (Å²) < 4.78 is 52.9. The Labute approximate surface area is 190 Å². The van der Waals surface area contributed by atoms with Gasteiger partial charge >= 0.3 is 6.09 Å². The normalized spacial score (nSPS) is 19.1. The maximum absolute atomic E-state index is 15.4. The quantitative estimate of drug-likeness (QED) is 0.369. The molecule has 1 aliphatic heterocycles. The number of nitrogens with one attached hydrogen (secondary N) is 1. The molecule has 0 aliphatic carbocycles. The van der Waals surface area contributed by atoms with E-state index in [-0.39, 0.29) is 30.2 Å². The summed E-state index contributed by atoms with van der Waals surface area (Å²) in [4.78, 5) is 25.1. The summed E-state index contributed by atoms with van der Waals surface area (Å²) in [5.74, 6) is -2.58. The van der Waals surface area contributed by atoms with E-state index in [0.717, 1.165) is 13.8 Å². The molecule has 0 saturated carbocycles. The molecule has 0 radical (unpaired) electrons. The first-order chi connectivity index (χ1) is 15.0. The van der Waals surface area contributed by atoms with Gasteiger partial charge in [-0.3, -0.25) is 13.7 Å². The number of amides is 2. The molecule has 1 aromatic carbocycles. The lowest BCUT2D eigenvalue weighted by Gasteiger charge is -2.28. The molecule has 3 atom stereocenters. The Morgan fingerprint density at radius 2 is 2.03 bits per heavy atom. The van der Waals surface area contributed by atoms with E-state index in [0.29, 0.717) is 5.56 Å². The van der Waals surface area contributed by atoms with Crippen molar-refractivity contribution in [3.63, 3.8) is 0 Å². The second kappa shape index (κ2) is 9.46. The number of nitrogens with zero attached hydrogens (tertiary/aromatic N) is 3. The molecule has 2 aromatic rings. The summed E-state index contributed by atoms with van der Waals surface area (Å²) in [6.07, 6.45) is -0.0149. The molecule has 1 unspecified atom stereocenters. The van der Waals surface area contributed by atoms with E-state index < -0.39 is 52.6 Å². The van der Waals surface area contributed by atoms with Crippen molar-refractivity contribution in [1.29, 1.82) is 0 Å². The predicted octanol–water partition coefficient (Wildman–Crippen LogP) is 2.72. The van der Waals surface area contributed by atoms with Crippen LogP contribution in [-0.4, -0.2) is 60.2 Å². The molecule has 1 aromatic heterocycles. The van der Waals surface area contributed by atoms with Gasteiger partial charge in [0.15, 0.2) is 5.82 Å². The van der Waals surface area contributed by atoms with Crippen LogP contribution in [0, 0.1) is 24.5 Å². The second-order valence-electron chi connectivity index (χ2n) is 7.46. The molecule has 1 fully saturated rings. The third-order valence-electron chi connectivity index (χ3n) is 5.35. The minimum absolute atomic E-state index is 0.0723. The number of halogens is 2. The highest BCUT2D eigenvalue weighted by Crippen LogP contribution is 2.33. The maximum atomic E-state index is 15.4. The van der Waals surface area contributed by atoms with E-state index in [1.165, 1.54) is 38.4 Å². The average molecular weight is 489 g/mol. The molecular weight excluding hydrogens is 466 g/mol. The van der Waals surface area contributed by atoms with Crippen LogP contribution >= 0.6 is 12.6 Å². The minimum Gasteiger partial charge on any atom is -0.465 e. The van der Waals surface area contributed by atoms with Gasteiger partial charge in [-0.15, -0.1) is 0 Å². The van der Waals surface area contributed by atoms with Gasteiger partial charge in [-0.05, 0) is 36.4 Å². The summed E-state index contributed by atoms with van der Waals surface area (Å²) in [5.41, 5.74) is -0.188. The summed E-state index contributed by atoms with van der Waals surface area (Å²) in [5, 5.41) is 11.8. The van der Waals surface area contributed by atoms with E-state index in [4.69, 9.17) is 0 Å². The third kappa shape index (κ3) is 4.59. The number of hydrogen-bond acceptors (Lipinski definition) is 4. The fourth-order valence-electron chi connectivity index (χ4n) is 3.74. The first-order valence-electron chi connectivity index (χ1n) is 9.46. The van der Waals surface area contributed by atoms with E-state index in [9.17, 15) is 27.8 Å². The van der Waals surface area contributed by atoms with Gasteiger partial charge in [0.1, 0.15) is 17.2 Å². The number of aromatic nitrogens is 1. The Hall–Kier alpha value is -2.64. The van der Waals surface area contributed by atoms with Gasteiger partial charge in [0.25, 0.3) is 17.2 Å². The van der Waals surface area contributed by atoms with Crippen molar-refractivity contribution in [2.24, 2.45) is 13.0 Å². The van der Waals surface area contributed by atoms with Gasteiger partial charge in [-0.1, -0.05) is 0 Å². The highest BCUT2D eigenvalue weighted by atomic mass is 32.2. The van der Waals surface area contributed by atoms with Gasteiger partial charge in [0.05, 0.1) is 6.04 Å². The number of benzene rings is 1. The van der Waals surface area contributed by atoms with Gasteiger partial charge in [0.2, 0.25) is 0 Å². The minimum atomic E-state index is -2.70. The zero-order valence-corrected chi connectivity index (χ0v) is 18.9. The number of hydrogen-bond donors (Lipinski definition) is 4. The van der Waals surface area contributed by atoms with Crippen LogP contribution in [0.15, 0.2) is 24.4 Å². The fourth-order valence-corrected chi connectivity index (χ4v) is 4.87. The smallest absolute Gasteiger partial charge is 0.407 e. The predicted molar refractivity (Wildman–Crippen MR) is 118 cm³/mol. The number of anilines is 2. The van der Waals surface area contributed by atoms with E-state index in [1.54, 1.807) is 0 Å². The zero-order valence-electron chi connectivity index (χ0n) is 17.2. The van der Waals surface area contributed by atoms with Crippen molar-refractivity contribution in [2.75, 3.05) is 28.5 Å². The SMILES string of the molecule is Cc1cc(NC(=O)c2c(F)c(N([C@H]3CN(C(=O)O)C[C@H]3CS)S(=O)O)cn2C)ccc1F. The molecule has 1 saturated heterocycles. The Bertz CT molecular complexity index is 1080. The molecule has 32 heavy (non-hydrogen) atoms. The Kier molecular flexibility index (Phi) is 7.10. The van der Waals surface area contributed by atoms with Crippen molar-refractivity contribution >= 4 is 47.3 Å². The van der Waals surface area contributed by atoms with Crippen LogP contribution in [0.4, 0.5) is 25.0 Å². The number of rotatable bonds is 6. The molecule has 3 rings (SSSR count). The molecular formula is C19H22F2N4O5S2. The first-order valence-corrected chi connectivity index (χ1v) is 11.2. The topological polar surface area (TPSA) is 115 Å². The lowest BCUT2D eigenvalue weighted by molar-refractivity contribution is 0.101. The lowest BCUT2D eigenvalue weighted by atomic mass is 10.1. The van der Waals surface area contributed by atoms with Crippen LogP contribution in [-0.2, 0) is 18.3 Å². The second-order valence-corrected chi connectivity index (χ2v) is 8.68. The summed E-state index contributed by atoms with van der Waals surface area (Å²) >= 11 is 1.49. The van der Waals surface area contributed by atoms with Crippen molar-refractivity contribution in [3.8, 4) is 0 Å². The van der Waals surface area contributed by atoms with Crippen LogP contribution in [0.25, 0.3) is 0 Å². The standard InChI is InChI=1S/C19H22F2N4O5S2/c1-10-5-12(3-4-13(10)20)22-18(26)17-16(21)15(7-23(17)2)25(32(29)30)14-8-24(19(27)28)6-11(14)9-31/h3-5,7,11,14,31H,6,8-9H2,1-2H3,(H,22,26)(H,27,28)(H,29,30)/t11-,14-/m0/s1. The van der Waals surface area contributed by atoms with Crippen LogP contribution in [0.1, 0.15) is 16.1 Å². The molecule has 13 heteroatoms. The first kappa shape index (κ1) is 24.0. The molecule has 174 valence electrons. The highest BCUT2D eigenvalue weighted by molar-refractivity contribution is 7.81. The third-order valence-corrected chi connectivity index (χ3v) is 6.62. The molecule has 3 N–H and O–H groups in total. The van der Waals surface area contributed by atoms with Crippen molar-refractivity contribution in [1.82, 2.24) is 9.47 Å².